The molecule has 0 bridgehead atoms. The molecule has 1 amide bonds. The number of carbonyl (C=O) groups excluding carboxylic acids is 1. The van der Waals surface area contributed by atoms with E-state index in [-0.39, 0.29) is 24.3 Å². The highest BCUT2D eigenvalue weighted by Gasteiger charge is 2.44. The van der Waals surface area contributed by atoms with E-state index < -0.39 is 5.60 Å². The minimum Gasteiger partial charge on any atom is -0.508 e. The lowest BCUT2D eigenvalue weighted by molar-refractivity contribution is -0.00951. The number of hydrogen-bond acceptors (Lipinski definition) is 3. The Morgan fingerprint density at radius 3 is 2.56 bits per heavy atom. The average Bonchev–Trinajstić information content (AvgIpc) is 3.24. The average molecular weight is 437 g/mol. The van der Waals surface area contributed by atoms with Crippen molar-refractivity contribution in [3.63, 3.8) is 0 Å². The van der Waals surface area contributed by atoms with E-state index in [1.807, 2.05) is 45.2 Å². The molecule has 1 spiro atoms. The van der Waals surface area contributed by atoms with E-state index in [9.17, 15) is 14.3 Å². The number of phenolic OH excluding ortho intramolecular Hbond substituents is 1. The fourth-order valence-corrected chi connectivity index (χ4v) is 4.90. The lowest BCUT2D eigenvalue weighted by Gasteiger charge is -2.45. The molecule has 1 N–H and O–H groups in total. The van der Waals surface area contributed by atoms with E-state index >= 15 is 0 Å². The molecule has 2 aliphatic heterocycles. The van der Waals surface area contributed by atoms with Crippen LogP contribution < -0.4 is 4.74 Å². The third-order valence-electron chi connectivity index (χ3n) is 6.61. The maximum Gasteiger partial charge on any atom is 0.253 e. The van der Waals surface area contributed by atoms with Crippen molar-refractivity contribution < 1.29 is 20.5 Å². The number of nitrogens with zero attached hydrogens (tertiary/aromatic N) is 2. The highest BCUT2D eigenvalue weighted by atomic mass is 19.1. The fraction of sp³-hybridized carbons (Fsp3) is 0.346. The van der Waals surface area contributed by atoms with Gasteiger partial charge in [0.2, 0.25) is 0 Å². The molecule has 1 aromatic heterocycles. The molecule has 0 atom stereocenters. The molecule has 3 aromatic rings. The van der Waals surface area contributed by atoms with E-state index in [4.69, 9.17) is 4.74 Å². The van der Waals surface area contributed by atoms with E-state index in [0.717, 1.165) is 16.9 Å². The summed E-state index contributed by atoms with van der Waals surface area (Å²) in [6.45, 7) is 7.10. The molecule has 0 saturated carbocycles. The summed E-state index contributed by atoms with van der Waals surface area (Å²) < 4.78 is 22.3. The number of piperidine rings is 1. The van der Waals surface area contributed by atoms with Crippen molar-refractivity contribution in [2.75, 3.05) is 13.1 Å². The lowest BCUT2D eigenvalue weighted by Crippen LogP contribution is -2.50. The van der Waals surface area contributed by atoms with Crippen LogP contribution in [0, 0.1) is 5.82 Å². The molecule has 0 aliphatic carbocycles. The Morgan fingerprint density at radius 1 is 1.12 bits per heavy atom. The maximum absolute atomic E-state index is 13.9. The van der Waals surface area contributed by atoms with Crippen molar-refractivity contribution in [3.05, 3.63) is 77.4 Å². The Morgan fingerprint density at radius 2 is 1.88 bits per heavy atom. The first-order valence-corrected chi connectivity index (χ1v) is 11.0. The van der Waals surface area contributed by atoms with Crippen molar-refractivity contribution >= 4 is 5.91 Å². The van der Waals surface area contributed by atoms with Crippen molar-refractivity contribution in [3.8, 4) is 17.2 Å². The molecular weight excluding hydrogens is 407 g/mol. The minimum absolute atomic E-state index is 0. The Hall–Kier alpha value is -3.28. The Labute approximate surface area is 188 Å². The first kappa shape index (κ1) is 20.6. The molecule has 5 rings (SSSR count). The van der Waals surface area contributed by atoms with Crippen LogP contribution >= 0.6 is 0 Å². The number of amides is 1. The number of fused-ring (bicyclic) bond motifs is 4. The highest BCUT2D eigenvalue weighted by molar-refractivity contribution is 5.95. The molecule has 6 heteroatoms. The van der Waals surface area contributed by atoms with Gasteiger partial charge in [0.25, 0.3) is 5.91 Å². The minimum atomic E-state index is -0.598. The van der Waals surface area contributed by atoms with Gasteiger partial charge in [-0.1, -0.05) is 26.8 Å². The Balaban J connectivity index is 0.00000259. The second-order valence-electron chi connectivity index (χ2n) is 9.75. The summed E-state index contributed by atoms with van der Waals surface area (Å²) in [5.41, 5.74) is 2.34. The number of rotatable bonds is 1. The van der Waals surface area contributed by atoms with Gasteiger partial charge < -0.3 is 19.3 Å². The van der Waals surface area contributed by atoms with Crippen molar-refractivity contribution in [2.45, 2.75) is 44.6 Å². The van der Waals surface area contributed by atoms with E-state index in [0.29, 0.717) is 37.2 Å². The number of ether oxygens (including phenoxy) is 1. The van der Waals surface area contributed by atoms with E-state index in [2.05, 4.69) is 4.57 Å². The van der Waals surface area contributed by atoms with Crippen LogP contribution in [0.1, 0.15) is 56.7 Å². The number of carbonyl (C=O) groups is 1. The van der Waals surface area contributed by atoms with Crippen LogP contribution in [0.2, 0.25) is 0 Å². The quantitative estimate of drug-likeness (QED) is 0.557. The molecule has 2 aliphatic rings. The van der Waals surface area contributed by atoms with Crippen LogP contribution in [-0.2, 0) is 11.0 Å². The Kier molecular flexibility index (Phi) is 4.59. The lowest BCUT2D eigenvalue weighted by atomic mass is 9.85. The van der Waals surface area contributed by atoms with Crippen LogP contribution in [0.3, 0.4) is 0 Å². The summed E-state index contributed by atoms with van der Waals surface area (Å²) in [7, 11) is 0. The summed E-state index contributed by atoms with van der Waals surface area (Å²) in [5, 5.41) is 10.4. The number of aromatic nitrogens is 1. The van der Waals surface area contributed by atoms with Gasteiger partial charge in [0.15, 0.2) is 5.60 Å². The molecule has 5 nitrogen and oxygen atoms in total. The van der Waals surface area contributed by atoms with Gasteiger partial charge in [-0.25, -0.2) is 4.39 Å². The molecule has 0 radical (unpaired) electrons. The Bertz CT molecular complexity index is 1210. The number of hydrogen-bond donors (Lipinski definition) is 1. The largest absolute Gasteiger partial charge is 0.508 e. The van der Waals surface area contributed by atoms with Gasteiger partial charge in [0.1, 0.15) is 17.3 Å². The number of benzene rings is 2. The molecule has 1 fully saturated rings. The van der Waals surface area contributed by atoms with Gasteiger partial charge in [0.05, 0.1) is 11.4 Å². The van der Waals surface area contributed by atoms with Crippen molar-refractivity contribution in [1.29, 1.82) is 0 Å². The fourth-order valence-electron chi connectivity index (χ4n) is 4.90. The third kappa shape index (κ3) is 3.25. The van der Waals surface area contributed by atoms with Crippen LogP contribution in [0.5, 0.6) is 11.5 Å². The van der Waals surface area contributed by atoms with Crippen LogP contribution in [0.15, 0.2) is 54.7 Å². The first-order chi connectivity index (χ1) is 15.2. The summed E-state index contributed by atoms with van der Waals surface area (Å²) in [4.78, 5) is 14.9. The van der Waals surface area contributed by atoms with Crippen molar-refractivity contribution in [1.82, 2.24) is 9.47 Å². The maximum atomic E-state index is 13.9. The summed E-state index contributed by atoms with van der Waals surface area (Å²) >= 11 is 0. The van der Waals surface area contributed by atoms with Crippen LogP contribution in [0.4, 0.5) is 4.39 Å². The van der Waals surface area contributed by atoms with Gasteiger partial charge in [-0.15, -0.1) is 0 Å². The predicted molar refractivity (Wildman–Crippen MR) is 122 cm³/mol. The second-order valence-corrected chi connectivity index (χ2v) is 9.75. The van der Waals surface area contributed by atoms with E-state index in [1.165, 1.54) is 12.1 Å². The van der Waals surface area contributed by atoms with Gasteiger partial charge in [-0.05, 0) is 47.4 Å². The number of phenols is 1. The third-order valence-corrected chi connectivity index (χ3v) is 6.61. The molecule has 3 heterocycles. The van der Waals surface area contributed by atoms with Crippen LogP contribution in [-0.4, -0.2) is 33.6 Å². The molecule has 2 aromatic carbocycles. The highest BCUT2D eigenvalue weighted by Crippen LogP contribution is 2.45. The number of likely N-dealkylation sites (tertiary alicyclic amines) is 1. The topological polar surface area (TPSA) is 54.7 Å². The van der Waals surface area contributed by atoms with Gasteiger partial charge in [0, 0.05) is 45.2 Å². The molecule has 1 saturated heterocycles. The molecule has 32 heavy (non-hydrogen) atoms. The molecular formula is C26H29FN2O3. The first-order valence-electron chi connectivity index (χ1n) is 11.0. The van der Waals surface area contributed by atoms with Crippen molar-refractivity contribution in [2.24, 2.45) is 0 Å². The number of halogens is 1. The monoisotopic (exact) mass is 436 g/mol. The molecule has 0 unspecified atom stereocenters. The van der Waals surface area contributed by atoms with Gasteiger partial charge in [-0.2, -0.15) is 0 Å². The van der Waals surface area contributed by atoms with E-state index in [1.54, 1.807) is 23.1 Å². The van der Waals surface area contributed by atoms with Crippen LogP contribution in [0.25, 0.3) is 5.69 Å². The summed E-state index contributed by atoms with van der Waals surface area (Å²) in [6, 6.07) is 13.8. The number of aromatic hydroxyl groups is 1. The SMILES string of the molecule is CC(C)(C)c1ccc(C(=O)N2CCC3(CC2)Oc2cc(F)ccc2-n2cccc23)cc1O.[HH]. The zero-order valence-electron chi connectivity index (χ0n) is 18.6. The zero-order chi connectivity index (χ0) is 22.7. The summed E-state index contributed by atoms with van der Waals surface area (Å²) in [5.74, 6) is 0.231. The zero-order valence-corrected chi connectivity index (χ0v) is 18.6. The second kappa shape index (κ2) is 7.12. The summed E-state index contributed by atoms with van der Waals surface area (Å²) in [6.07, 6.45) is 3.17. The predicted octanol–water partition coefficient (Wildman–Crippen LogP) is 5.39. The standard InChI is InChI=1S/C26H27FN2O3.H2/c1-25(2,3)19-8-6-17(15-21(19)30)24(31)28-13-10-26(11-14-28)23-5-4-12-29(23)20-9-7-18(27)16-22(20)32-26;/h4-9,12,15-16,30H,10-11,13-14H2,1-3H3;1H. The smallest absolute Gasteiger partial charge is 0.253 e. The molecule has 168 valence electrons. The van der Waals surface area contributed by atoms with Gasteiger partial charge in [-0.3, -0.25) is 4.79 Å². The van der Waals surface area contributed by atoms with Gasteiger partial charge >= 0.3 is 0 Å². The normalized spacial score (nSPS) is 16.9.